The maximum absolute atomic E-state index is 5.24. The first-order chi connectivity index (χ1) is 9.49. The first-order valence-corrected chi connectivity index (χ1v) is 8.15. The van der Waals surface area contributed by atoms with Crippen molar-refractivity contribution >= 4 is 0 Å². The van der Waals surface area contributed by atoms with Crippen LogP contribution in [0.4, 0.5) is 0 Å². The van der Waals surface area contributed by atoms with Gasteiger partial charge in [0.15, 0.2) is 0 Å². The topological polar surface area (TPSA) is 36.5 Å². The van der Waals surface area contributed by atoms with E-state index in [1.807, 2.05) is 20.9 Å². The van der Waals surface area contributed by atoms with Gasteiger partial charge in [-0.1, -0.05) is 41.5 Å². The molecule has 1 saturated heterocycles. The minimum absolute atomic E-state index is 0.439. The fourth-order valence-corrected chi connectivity index (χ4v) is 1.77. The first-order valence-electron chi connectivity index (χ1n) is 8.15. The second-order valence-electron chi connectivity index (χ2n) is 5.90. The zero-order chi connectivity index (χ0) is 15.9. The molecule has 0 aromatic heterocycles. The standard InChI is InChI=1S/C8H18N2O.C6H15N.C2H6/c1-2-9-3-4-10-5-7-11-8-6-10;1-6(2,3)5-7-4;1-2/h9H,2-8H2,1H3;7H,5H2,1-4H3;1-2H3. The Kier molecular flexibility index (Phi) is 16.9. The monoisotopic (exact) mass is 289 g/mol. The Morgan fingerprint density at radius 2 is 1.65 bits per heavy atom. The van der Waals surface area contributed by atoms with Gasteiger partial charge in [0.1, 0.15) is 0 Å². The fraction of sp³-hybridized carbons (Fsp3) is 1.00. The van der Waals surface area contributed by atoms with E-state index in [1.165, 1.54) is 0 Å². The molecule has 4 heteroatoms. The number of hydrogen-bond donors (Lipinski definition) is 2. The van der Waals surface area contributed by atoms with Crippen molar-refractivity contribution in [1.82, 2.24) is 15.5 Å². The van der Waals surface area contributed by atoms with E-state index < -0.39 is 0 Å². The summed E-state index contributed by atoms with van der Waals surface area (Å²) in [5.41, 5.74) is 0.439. The molecule has 0 saturated carbocycles. The molecule has 0 aliphatic carbocycles. The molecule has 1 aliphatic heterocycles. The van der Waals surface area contributed by atoms with Gasteiger partial charge in [-0.25, -0.2) is 0 Å². The third kappa shape index (κ3) is 17.8. The van der Waals surface area contributed by atoms with Crippen LogP contribution in [0.15, 0.2) is 0 Å². The van der Waals surface area contributed by atoms with Gasteiger partial charge in [-0.2, -0.15) is 0 Å². The van der Waals surface area contributed by atoms with E-state index in [1.54, 1.807) is 0 Å². The Morgan fingerprint density at radius 1 is 1.10 bits per heavy atom. The Hall–Kier alpha value is -0.160. The highest BCUT2D eigenvalue weighted by atomic mass is 16.5. The number of ether oxygens (including phenoxy) is 1. The predicted octanol–water partition coefficient (Wildman–Crippen LogP) is 2.21. The van der Waals surface area contributed by atoms with Crippen LogP contribution in [0.2, 0.25) is 0 Å². The fourth-order valence-electron chi connectivity index (χ4n) is 1.77. The van der Waals surface area contributed by atoms with Crippen LogP contribution in [-0.4, -0.2) is 64.4 Å². The molecule has 0 bridgehead atoms. The summed E-state index contributed by atoms with van der Waals surface area (Å²) in [5, 5.41) is 6.42. The van der Waals surface area contributed by atoms with Gasteiger partial charge in [0.25, 0.3) is 0 Å². The summed E-state index contributed by atoms with van der Waals surface area (Å²) in [5.74, 6) is 0. The summed E-state index contributed by atoms with van der Waals surface area (Å²) in [6.07, 6.45) is 0. The summed E-state index contributed by atoms with van der Waals surface area (Å²) < 4.78 is 5.24. The molecule has 20 heavy (non-hydrogen) atoms. The minimum atomic E-state index is 0.439. The highest BCUT2D eigenvalue weighted by molar-refractivity contribution is 4.62. The van der Waals surface area contributed by atoms with E-state index >= 15 is 0 Å². The van der Waals surface area contributed by atoms with Gasteiger partial charge >= 0.3 is 0 Å². The average Bonchev–Trinajstić information content (AvgIpc) is 2.42. The Morgan fingerprint density at radius 3 is 2.00 bits per heavy atom. The highest BCUT2D eigenvalue weighted by Gasteiger charge is 2.08. The largest absolute Gasteiger partial charge is 0.379 e. The maximum Gasteiger partial charge on any atom is 0.0594 e. The van der Waals surface area contributed by atoms with E-state index in [2.05, 4.69) is 43.2 Å². The SMILES string of the molecule is CC.CCNCCN1CCOCC1.CNCC(C)(C)C. The van der Waals surface area contributed by atoms with Gasteiger partial charge in [-0.15, -0.1) is 0 Å². The molecule has 0 aromatic rings. The van der Waals surface area contributed by atoms with Gasteiger partial charge in [0.05, 0.1) is 13.2 Å². The lowest BCUT2D eigenvalue weighted by Crippen LogP contribution is -2.40. The second-order valence-corrected chi connectivity index (χ2v) is 5.90. The lowest BCUT2D eigenvalue weighted by atomic mass is 9.97. The lowest BCUT2D eigenvalue weighted by molar-refractivity contribution is 0.0385. The molecule has 1 aliphatic rings. The average molecular weight is 290 g/mol. The van der Waals surface area contributed by atoms with Crippen LogP contribution in [0.25, 0.3) is 0 Å². The van der Waals surface area contributed by atoms with Crippen molar-refractivity contribution in [3.8, 4) is 0 Å². The maximum atomic E-state index is 5.24. The van der Waals surface area contributed by atoms with Crippen molar-refractivity contribution in [2.24, 2.45) is 5.41 Å². The molecule has 0 spiro atoms. The van der Waals surface area contributed by atoms with Crippen molar-refractivity contribution in [2.45, 2.75) is 41.5 Å². The zero-order valence-electron chi connectivity index (χ0n) is 15.0. The highest BCUT2D eigenvalue weighted by Crippen LogP contribution is 2.09. The summed E-state index contributed by atoms with van der Waals surface area (Å²) in [4.78, 5) is 2.44. The molecule has 0 amide bonds. The van der Waals surface area contributed by atoms with E-state index in [-0.39, 0.29) is 0 Å². The third-order valence-electron chi connectivity index (χ3n) is 2.67. The van der Waals surface area contributed by atoms with Crippen molar-refractivity contribution in [1.29, 1.82) is 0 Å². The molecule has 0 atom stereocenters. The van der Waals surface area contributed by atoms with Crippen LogP contribution in [0.5, 0.6) is 0 Å². The van der Waals surface area contributed by atoms with Gasteiger partial charge in [-0.05, 0) is 25.6 Å². The predicted molar refractivity (Wildman–Crippen MR) is 90.5 cm³/mol. The summed E-state index contributed by atoms with van der Waals surface area (Å²) in [6.45, 7) is 21.2. The van der Waals surface area contributed by atoms with Gasteiger partial charge in [0.2, 0.25) is 0 Å². The van der Waals surface area contributed by atoms with Gasteiger partial charge < -0.3 is 15.4 Å². The number of likely N-dealkylation sites (N-methyl/N-ethyl adjacent to an activating group) is 1. The Balaban J connectivity index is 0. The molecule has 124 valence electrons. The molecule has 1 fully saturated rings. The number of nitrogens with zero attached hydrogens (tertiary/aromatic N) is 1. The van der Waals surface area contributed by atoms with Crippen molar-refractivity contribution < 1.29 is 4.74 Å². The quantitative estimate of drug-likeness (QED) is 0.761. The van der Waals surface area contributed by atoms with Crippen LogP contribution in [0, 0.1) is 5.41 Å². The number of nitrogens with one attached hydrogen (secondary N) is 2. The summed E-state index contributed by atoms with van der Waals surface area (Å²) >= 11 is 0. The summed E-state index contributed by atoms with van der Waals surface area (Å²) in [6, 6.07) is 0. The van der Waals surface area contributed by atoms with Crippen molar-refractivity contribution in [3.05, 3.63) is 0 Å². The zero-order valence-corrected chi connectivity index (χ0v) is 15.0. The van der Waals surface area contributed by atoms with Crippen LogP contribution in [0.3, 0.4) is 0 Å². The lowest BCUT2D eigenvalue weighted by Gasteiger charge is -2.26. The number of hydrogen-bond acceptors (Lipinski definition) is 4. The molecule has 2 N–H and O–H groups in total. The number of morpholine rings is 1. The van der Waals surface area contributed by atoms with Gasteiger partial charge in [-0.3, -0.25) is 4.90 Å². The Bertz CT molecular complexity index is 175. The van der Waals surface area contributed by atoms with E-state index in [0.717, 1.165) is 52.5 Å². The van der Waals surface area contributed by atoms with Crippen LogP contribution < -0.4 is 10.6 Å². The van der Waals surface area contributed by atoms with Crippen LogP contribution in [-0.2, 0) is 4.74 Å². The van der Waals surface area contributed by atoms with Crippen LogP contribution in [0.1, 0.15) is 41.5 Å². The molecule has 1 rings (SSSR count). The molecule has 1 heterocycles. The molecular weight excluding hydrogens is 250 g/mol. The van der Waals surface area contributed by atoms with Crippen molar-refractivity contribution in [3.63, 3.8) is 0 Å². The van der Waals surface area contributed by atoms with E-state index in [0.29, 0.717) is 5.41 Å². The minimum Gasteiger partial charge on any atom is -0.379 e. The molecular formula is C16H39N3O. The van der Waals surface area contributed by atoms with Gasteiger partial charge in [0, 0.05) is 26.2 Å². The smallest absolute Gasteiger partial charge is 0.0594 e. The van der Waals surface area contributed by atoms with Crippen molar-refractivity contribution in [2.75, 3.05) is 59.5 Å². The molecule has 4 nitrogen and oxygen atoms in total. The normalized spacial score (nSPS) is 15.8. The molecule has 0 radical (unpaired) electrons. The van der Waals surface area contributed by atoms with Crippen LogP contribution >= 0.6 is 0 Å². The summed E-state index contributed by atoms with van der Waals surface area (Å²) in [7, 11) is 1.98. The molecule has 0 unspecified atom stereocenters. The first kappa shape index (κ1) is 22.1. The number of rotatable bonds is 5. The van der Waals surface area contributed by atoms with E-state index in [9.17, 15) is 0 Å². The molecule has 0 aromatic carbocycles. The Labute approximate surface area is 127 Å². The third-order valence-corrected chi connectivity index (χ3v) is 2.67. The second kappa shape index (κ2) is 15.2. The van der Waals surface area contributed by atoms with E-state index in [4.69, 9.17) is 4.74 Å².